The van der Waals surface area contributed by atoms with Crippen molar-refractivity contribution in [3.05, 3.63) is 42.0 Å². The van der Waals surface area contributed by atoms with Crippen molar-refractivity contribution in [2.75, 3.05) is 33.3 Å². The van der Waals surface area contributed by atoms with Crippen LogP contribution in [0.2, 0.25) is 0 Å². The Bertz CT molecular complexity index is 844. The summed E-state index contributed by atoms with van der Waals surface area (Å²) < 4.78 is 7.77. The van der Waals surface area contributed by atoms with Gasteiger partial charge < -0.3 is 19.9 Å². The Balaban J connectivity index is 1.74. The van der Waals surface area contributed by atoms with E-state index in [1.54, 1.807) is 13.4 Å². The molecule has 2 aromatic rings. The van der Waals surface area contributed by atoms with Crippen molar-refractivity contribution < 1.29 is 4.74 Å². The number of rotatable bonds is 11. The summed E-state index contributed by atoms with van der Waals surface area (Å²) in [6, 6.07) is 8.88. The van der Waals surface area contributed by atoms with E-state index in [0.29, 0.717) is 12.6 Å². The van der Waals surface area contributed by atoms with Gasteiger partial charge in [-0.2, -0.15) is 0 Å². The largest absolute Gasteiger partial charge is 0.496 e. The minimum Gasteiger partial charge on any atom is -0.496 e. The molecule has 1 aliphatic rings. The van der Waals surface area contributed by atoms with Gasteiger partial charge in [0.2, 0.25) is 0 Å². The van der Waals surface area contributed by atoms with Gasteiger partial charge in [0.25, 0.3) is 0 Å². The molecule has 0 radical (unpaired) electrons. The number of methoxy groups -OCH3 is 1. The van der Waals surface area contributed by atoms with Crippen molar-refractivity contribution in [3.8, 4) is 5.75 Å². The van der Waals surface area contributed by atoms with Gasteiger partial charge in [0, 0.05) is 31.1 Å². The van der Waals surface area contributed by atoms with Crippen molar-refractivity contribution in [2.45, 2.75) is 65.1 Å². The molecular weight excluding hydrogens is 402 g/mol. The maximum absolute atomic E-state index is 5.68. The second-order valence-corrected chi connectivity index (χ2v) is 8.36. The number of guanidine groups is 1. The molecule has 176 valence electrons. The average molecular weight is 442 g/mol. The Kier molecular flexibility index (Phi) is 9.34. The maximum Gasteiger partial charge on any atom is 0.191 e. The summed E-state index contributed by atoms with van der Waals surface area (Å²) in [5.41, 5.74) is 1.21. The third-order valence-corrected chi connectivity index (χ3v) is 6.15. The van der Waals surface area contributed by atoms with Crippen LogP contribution < -0.4 is 15.4 Å². The summed E-state index contributed by atoms with van der Waals surface area (Å²) in [6.07, 6.45) is 6.19. The molecule has 1 fully saturated rings. The molecule has 2 N–H and O–H groups in total. The predicted octanol–water partition coefficient (Wildman–Crippen LogP) is 3.02. The summed E-state index contributed by atoms with van der Waals surface area (Å²) >= 11 is 0. The standard InChI is InChI=1S/C24H39N7O/c1-5-19(3)28-24(25-13-16-31-18-27-29-23(31)6-2)26-17-21(30-14-9-10-15-30)20-11-7-8-12-22(20)32-4/h7-8,11-12,18-19,21H,5-6,9-10,13-17H2,1-4H3,(H2,25,26,28). The Morgan fingerprint density at radius 2 is 2.00 bits per heavy atom. The van der Waals surface area contributed by atoms with E-state index in [1.807, 2.05) is 12.1 Å². The van der Waals surface area contributed by atoms with E-state index in [2.05, 4.69) is 63.2 Å². The summed E-state index contributed by atoms with van der Waals surface area (Å²) in [5, 5.41) is 15.3. The fraction of sp³-hybridized carbons (Fsp3) is 0.625. The normalized spacial score (nSPS) is 16.7. The van der Waals surface area contributed by atoms with Crippen molar-refractivity contribution in [1.82, 2.24) is 30.3 Å². The first-order valence-corrected chi connectivity index (χ1v) is 11.9. The molecular formula is C24H39N7O. The van der Waals surface area contributed by atoms with Gasteiger partial charge in [-0.05, 0) is 45.3 Å². The molecule has 1 aromatic heterocycles. The lowest BCUT2D eigenvalue weighted by Crippen LogP contribution is -2.43. The Hall–Kier alpha value is -2.61. The number of hydrogen-bond donors (Lipinski definition) is 2. The average Bonchev–Trinajstić information content (AvgIpc) is 3.51. The second kappa shape index (κ2) is 12.4. The number of ether oxygens (including phenoxy) is 1. The van der Waals surface area contributed by atoms with Crippen LogP contribution in [-0.4, -0.2) is 65.0 Å². The molecule has 1 aliphatic heterocycles. The molecule has 2 heterocycles. The molecule has 0 aliphatic carbocycles. The smallest absolute Gasteiger partial charge is 0.191 e. The van der Waals surface area contributed by atoms with Crippen LogP contribution >= 0.6 is 0 Å². The van der Waals surface area contributed by atoms with Crippen LogP contribution in [0.3, 0.4) is 0 Å². The van der Waals surface area contributed by atoms with E-state index in [9.17, 15) is 0 Å². The zero-order valence-electron chi connectivity index (χ0n) is 20.0. The fourth-order valence-corrected chi connectivity index (χ4v) is 4.11. The first-order valence-electron chi connectivity index (χ1n) is 11.9. The number of aryl methyl sites for hydroxylation is 1. The third kappa shape index (κ3) is 6.45. The van der Waals surface area contributed by atoms with Gasteiger partial charge in [0.05, 0.1) is 19.7 Å². The maximum atomic E-state index is 5.68. The predicted molar refractivity (Wildman–Crippen MR) is 129 cm³/mol. The van der Waals surface area contributed by atoms with Gasteiger partial charge in [-0.3, -0.25) is 9.89 Å². The zero-order chi connectivity index (χ0) is 22.8. The van der Waals surface area contributed by atoms with Crippen LogP contribution in [0.4, 0.5) is 0 Å². The monoisotopic (exact) mass is 441 g/mol. The number of nitrogens with zero attached hydrogens (tertiary/aromatic N) is 5. The topological polar surface area (TPSA) is 79.6 Å². The van der Waals surface area contributed by atoms with Gasteiger partial charge in [0.15, 0.2) is 5.96 Å². The quantitative estimate of drug-likeness (QED) is 0.412. The highest BCUT2D eigenvalue weighted by Gasteiger charge is 2.25. The molecule has 0 saturated carbocycles. The lowest BCUT2D eigenvalue weighted by Gasteiger charge is -2.28. The lowest BCUT2D eigenvalue weighted by atomic mass is 10.0. The van der Waals surface area contributed by atoms with E-state index in [4.69, 9.17) is 9.73 Å². The van der Waals surface area contributed by atoms with Crippen molar-refractivity contribution in [3.63, 3.8) is 0 Å². The molecule has 1 aromatic carbocycles. The fourth-order valence-electron chi connectivity index (χ4n) is 4.11. The molecule has 0 bridgehead atoms. The molecule has 2 atom stereocenters. The highest BCUT2D eigenvalue weighted by Crippen LogP contribution is 2.31. The van der Waals surface area contributed by atoms with Gasteiger partial charge in [-0.15, -0.1) is 10.2 Å². The van der Waals surface area contributed by atoms with Crippen LogP contribution in [0.25, 0.3) is 0 Å². The molecule has 3 rings (SSSR count). The van der Waals surface area contributed by atoms with Gasteiger partial charge >= 0.3 is 0 Å². The number of nitrogens with one attached hydrogen (secondary N) is 2. The summed E-state index contributed by atoms with van der Waals surface area (Å²) in [7, 11) is 1.75. The van der Waals surface area contributed by atoms with Crippen molar-refractivity contribution in [1.29, 1.82) is 0 Å². The number of benzene rings is 1. The van der Waals surface area contributed by atoms with Crippen molar-refractivity contribution >= 4 is 5.96 Å². The molecule has 8 nitrogen and oxygen atoms in total. The summed E-state index contributed by atoms with van der Waals surface area (Å²) in [4.78, 5) is 7.56. The first kappa shape index (κ1) is 24.0. The highest BCUT2D eigenvalue weighted by molar-refractivity contribution is 5.80. The van der Waals surface area contributed by atoms with E-state index in [1.165, 1.54) is 18.4 Å². The van der Waals surface area contributed by atoms with Gasteiger partial charge in [0.1, 0.15) is 17.9 Å². The molecule has 0 amide bonds. The zero-order valence-corrected chi connectivity index (χ0v) is 20.0. The Morgan fingerprint density at radius 1 is 1.22 bits per heavy atom. The van der Waals surface area contributed by atoms with E-state index >= 15 is 0 Å². The number of aliphatic imine (C=N–C) groups is 1. The number of hydrogen-bond acceptors (Lipinski definition) is 5. The third-order valence-electron chi connectivity index (χ3n) is 6.15. The molecule has 32 heavy (non-hydrogen) atoms. The number of aromatic nitrogens is 3. The second-order valence-electron chi connectivity index (χ2n) is 8.36. The molecule has 2 unspecified atom stereocenters. The number of para-hydroxylation sites is 1. The lowest BCUT2D eigenvalue weighted by molar-refractivity contribution is 0.245. The summed E-state index contributed by atoms with van der Waals surface area (Å²) in [5.74, 6) is 2.79. The highest BCUT2D eigenvalue weighted by atomic mass is 16.5. The minimum atomic E-state index is 0.203. The first-order chi connectivity index (χ1) is 15.7. The molecule has 0 spiro atoms. The SMILES string of the molecule is CCc1nncn1CCNC(=NCC(c1ccccc1OC)N1CCCC1)NC(C)CC. The van der Waals surface area contributed by atoms with Crippen LogP contribution in [0.1, 0.15) is 57.5 Å². The minimum absolute atomic E-state index is 0.203. The van der Waals surface area contributed by atoms with Crippen molar-refractivity contribution in [2.24, 2.45) is 4.99 Å². The Morgan fingerprint density at radius 3 is 2.72 bits per heavy atom. The van der Waals surface area contributed by atoms with Crippen LogP contribution in [0.15, 0.2) is 35.6 Å². The van der Waals surface area contributed by atoms with Crippen LogP contribution in [-0.2, 0) is 13.0 Å². The molecule has 1 saturated heterocycles. The van der Waals surface area contributed by atoms with Gasteiger partial charge in [-0.1, -0.05) is 32.0 Å². The van der Waals surface area contributed by atoms with Gasteiger partial charge in [-0.25, -0.2) is 0 Å². The van der Waals surface area contributed by atoms with Crippen LogP contribution in [0.5, 0.6) is 5.75 Å². The number of likely N-dealkylation sites (tertiary alicyclic amines) is 1. The Labute approximate surface area is 192 Å². The van der Waals surface area contributed by atoms with E-state index in [-0.39, 0.29) is 6.04 Å². The molecule has 8 heteroatoms. The summed E-state index contributed by atoms with van der Waals surface area (Å²) in [6.45, 7) is 10.9. The van der Waals surface area contributed by atoms with Crippen LogP contribution in [0, 0.1) is 0 Å². The van der Waals surface area contributed by atoms with E-state index < -0.39 is 0 Å². The van der Waals surface area contributed by atoms with E-state index in [0.717, 1.165) is 56.6 Å².